The molecule has 1 fully saturated rings. The summed E-state index contributed by atoms with van der Waals surface area (Å²) in [4.78, 5) is 25.6. The predicted molar refractivity (Wildman–Crippen MR) is 101 cm³/mol. The Bertz CT molecular complexity index is 1130. The Kier molecular flexibility index (Phi) is 5.08. The number of hydrogen-bond donors (Lipinski definition) is 4. The van der Waals surface area contributed by atoms with Crippen molar-refractivity contribution in [2.45, 2.75) is 54.6 Å². The summed E-state index contributed by atoms with van der Waals surface area (Å²) >= 11 is 0. The van der Waals surface area contributed by atoms with E-state index < -0.39 is 50.1 Å². The molecule has 3 rings (SSSR count). The van der Waals surface area contributed by atoms with Gasteiger partial charge < -0.3 is 20.1 Å². The zero-order chi connectivity index (χ0) is 21.8. The highest BCUT2D eigenvalue weighted by Crippen LogP contribution is 2.45. The molecule has 2 heterocycles. The van der Waals surface area contributed by atoms with E-state index in [0.717, 1.165) is 17.8 Å². The lowest BCUT2D eigenvalue weighted by Crippen LogP contribution is -2.56. The summed E-state index contributed by atoms with van der Waals surface area (Å²) in [5, 5.41) is 28.8. The monoisotopic (exact) mass is 426 g/mol. The molecule has 0 unspecified atom stereocenters. The Balaban J connectivity index is 2.36. The molecule has 10 nitrogen and oxygen atoms in total. The smallest absolute Gasteiger partial charge is 0.331 e. The number of nitrogens with zero attached hydrogens (tertiary/aromatic N) is 1. The highest BCUT2D eigenvalue weighted by atomic mass is 32.2. The third-order valence-corrected chi connectivity index (χ3v) is 7.07. The maximum absolute atomic E-state index is 13.6. The normalized spacial score (nSPS) is 27.9. The summed E-state index contributed by atoms with van der Waals surface area (Å²) < 4.78 is 33.3. The van der Waals surface area contributed by atoms with E-state index in [4.69, 9.17) is 4.74 Å². The van der Waals surface area contributed by atoms with Gasteiger partial charge in [-0.05, 0) is 32.9 Å². The first-order valence-electron chi connectivity index (χ1n) is 8.72. The van der Waals surface area contributed by atoms with Crippen LogP contribution >= 0.6 is 0 Å². The first-order chi connectivity index (χ1) is 13.3. The minimum atomic E-state index is -4.68. The number of nitrogens with one attached hydrogen (secondary N) is 1. The molecule has 4 N–H and O–H groups in total. The fourth-order valence-electron chi connectivity index (χ4n) is 3.36. The van der Waals surface area contributed by atoms with Gasteiger partial charge in [-0.2, -0.15) is 0 Å². The van der Waals surface area contributed by atoms with E-state index in [9.17, 15) is 33.3 Å². The average molecular weight is 426 g/mol. The van der Waals surface area contributed by atoms with Crippen LogP contribution in [0.15, 0.2) is 51.0 Å². The first-order valence-corrected chi connectivity index (χ1v) is 10.2. The van der Waals surface area contributed by atoms with Crippen molar-refractivity contribution >= 4 is 9.84 Å². The van der Waals surface area contributed by atoms with Crippen molar-refractivity contribution in [1.82, 2.24) is 9.55 Å². The fraction of sp³-hybridized carbons (Fsp3) is 0.444. The van der Waals surface area contributed by atoms with Crippen molar-refractivity contribution in [3.05, 3.63) is 62.9 Å². The van der Waals surface area contributed by atoms with Crippen LogP contribution in [0, 0.1) is 6.92 Å². The number of aromatic amines is 1. The minimum Gasteiger partial charge on any atom is -0.388 e. The molecular weight excluding hydrogens is 404 g/mol. The van der Waals surface area contributed by atoms with E-state index in [1.165, 1.54) is 38.1 Å². The lowest BCUT2D eigenvalue weighted by molar-refractivity contribution is -0.140. The van der Waals surface area contributed by atoms with Crippen LogP contribution in [-0.2, 0) is 19.6 Å². The van der Waals surface area contributed by atoms with Gasteiger partial charge in [0, 0.05) is 12.3 Å². The van der Waals surface area contributed by atoms with E-state index in [2.05, 4.69) is 0 Å². The molecule has 0 saturated carbocycles. The van der Waals surface area contributed by atoms with Crippen molar-refractivity contribution in [2.75, 3.05) is 0 Å². The summed E-state index contributed by atoms with van der Waals surface area (Å²) in [6, 6.07) is 6.45. The molecule has 158 valence electrons. The third-order valence-electron chi connectivity index (χ3n) is 4.88. The number of sulfone groups is 1. The first kappa shape index (κ1) is 21.4. The molecule has 11 heteroatoms. The van der Waals surface area contributed by atoms with Crippen LogP contribution in [-0.4, -0.2) is 57.2 Å². The van der Waals surface area contributed by atoms with Crippen molar-refractivity contribution in [2.24, 2.45) is 0 Å². The second kappa shape index (κ2) is 6.89. The van der Waals surface area contributed by atoms with Gasteiger partial charge in [0.15, 0.2) is 0 Å². The summed E-state index contributed by atoms with van der Waals surface area (Å²) in [5.41, 5.74) is -2.96. The molecule has 1 aromatic carbocycles. The third kappa shape index (κ3) is 3.24. The number of aliphatic hydroxyl groups is 3. The lowest BCUT2D eigenvalue weighted by Gasteiger charge is -2.34. The van der Waals surface area contributed by atoms with E-state index in [0.29, 0.717) is 4.57 Å². The molecular formula is C18H22N2O8S. The standard InChI is InChI=1S/C18H22N2O8S/c1-10-4-6-11(7-5-10)29(26,27)18(20-9-8-12(21)19-16(20)24)14(23)13(22)15(28-18)17(2,3)25/h4-9,13-15,22-23,25H,1-3H3,(H,19,21,24)/t13-,14+,15-,18-/m0/s1. The number of aromatic nitrogens is 2. The Hall–Kier alpha value is -2.31. The zero-order valence-corrected chi connectivity index (χ0v) is 16.8. The minimum absolute atomic E-state index is 0.288. The second-order valence-corrected chi connectivity index (χ2v) is 9.62. The number of hydrogen-bond acceptors (Lipinski definition) is 8. The van der Waals surface area contributed by atoms with E-state index >= 15 is 0 Å². The highest BCUT2D eigenvalue weighted by Gasteiger charge is 2.66. The molecule has 1 aromatic heterocycles. The van der Waals surface area contributed by atoms with Crippen LogP contribution in [0.3, 0.4) is 0 Å². The Morgan fingerprint density at radius 3 is 2.21 bits per heavy atom. The number of rotatable bonds is 4. The van der Waals surface area contributed by atoms with E-state index in [1.807, 2.05) is 4.98 Å². The topological polar surface area (TPSA) is 159 Å². The predicted octanol–water partition coefficient (Wildman–Crippen LogP) is -1.18. The number of aliphatic hydroxyl groups excluding tert-OH is 2. The fourth-order valence-corrected chi connectivity index (χ4v) is 5.29. The van der Waals surface area contributed by atoms with Crippen LogP contribution in [0.25, 0.3) is 0 Å². The molecule has 0 radical (unpaired) electrons. The average Bonchev–Trinajstić information content (AvgIpc) is 2.89. The summed E-state index contributed by atoms with van der Waals surface area (Å²) in [6.07, 6.45) is -4.71. The van der Waals surface area contributed by atoms with Gasteiger partial charge >= 0.3 is 5.69 Å². The van der Waals surface area contributed by atoms with Crippen molar-refractivity contribution in [1.29, 1.82) is 0 Å². The van der Waals surface area contributed by atoms with Gasteiger partial charge in [-0.25, -0.2) is 13.2 Å². The van der Waals surface area contributed by atoms with Crippen molar-refractivity contribution in [3.8, 4) is 0 Å². The van der Waals surface area contributed by atoms with Crippen LogP contribution in [0.5, 0.6) is 0 Å². The van der Waals surface area contributed by atoms with Gasteiger partial charge in [0.25, 0.3) is 10.6 Å². The quantitative estimate of drug-likeness (QED) is 0.475. The van der Waals surface area contributed by atoms with Gasteiger partial charge in [-0.1, -0.05) is 17.7 Å². The van der Waals surface area contributed by atoms with Gasteiger partial charge in [0.1, 0.15) is 18.3 Å². The molecule has 1 aliphatic heterocycles. The molecule has 1 aliphatic rings. The van der Waals surface area contributed by atoms with Crippen LogP contribution in [0.1, 0.15) is 19.4 Å². The van der Waals surface area contributed by atoms with Gasteiger partial charge in [0.2, 0.25) is 9.84 Å². The van der Waals surface area contributed by atoms with Crippen LogP contribution in [0.2, 0.25) is 0 Å². The largest absolute Gasteiger partial charge is 0.388 e. The molecule has 1 saturated heterocycles. The van der Waals surface area contributed by atoms with E-state index in [-0.39, 0.29) is 4.90 Å². The van der Waals surface area contributed by atoms with Gasteiger partial charge in [-0.15, -0.1) is 0 Å². The molecule has 0 bridgehead atoms. The second-order valence-electron chi connectivity index (χ2n) is 7.55. The molecule has 0 spiro atoms. The van der Waals surface area contributed by atoms with Crippen molar-refractivity contribution < 1.29 is 28.5 Å². The Morgan fingerprint density at radius 1 is 1.14 bits per heavy atom. The summed E-state index contributed by atoms with van der Waals surface area (Å²) in [6.45, 7) is 4.27. The summed E-state index contributed by atoms with van der Waals surface area (Å²) in [7, 11) is -4.68. The van der Waals surface area contributed by atoms with Crippen LogP contribution in [0.4, 0.5) is 0 Å². The molecule has 2 aromatic rings. The van der Waals surface area contributed by atoms with Crippen LogP contribution < -0.4 is 11.2 Å². The number of ether oxygens (including phenoxy) is 1. The molecule has 29 heavy (non-hydrogen) atoms. The van der Waals surface area contributed by atoms with E-state index in [1.54, 1.807) is 6.92 Å². The van der Waals surface area contributed by atoms with Crippen molar-refractivity contribution in [3.63, 3.8) is 0 Å². The maximum Gasteiger partial charge on any atom is 0.331 e. The highest BCUT2D eigenvalue weighted by molar-refractivity contribution is 7.92. The number of H-pyrrole nitrogens is 1. The molecule has 4 atom stereocenters. The SMILES string of the molecule is Cc1ccc(S(=O)(=O)[C@@]2(n3ccc(=O)[nH]c3=O)O[C@H](C(C)(C)O)[C@@H](O)[C@H]2O)cc1. The Morgan fingerprint density at radius 2 is 1.72 bits per heavy atom. The number of aryl methyl sites for hydroxylation is 1. The maximum atomic E-state index is 13.6. The zero-order valence-electron chi connectivity index (χ0n) is 15.9. The molecule has 0 aliphatic carbocycles. The lowest BCUT2D eigenvalue weighted by atomic mass is 9.96. The van der Waals surface area contributed by atoms with Gasteiger partial charge in [0.05, 0.1) is 10.5 Å². The number of benzene rings is 1. The molecule has 0 amide bonds. The van der Waals surface area contributed by atoms with Gasteiger partial charge in [-0.3, -0.25) is 14.3 Å². The summed E-state index contributed by atoms with van der Waals surface area (Å²) in [5.74, 6) is 0. The Labute approximate surface area is 165 Å².